The third kappa shape index (κ3) is 4.59. The molecule has 4 aromatic rings. The van der Waals surface area contributed by atoms with Crippen LogP contribution in [-0.2, 0) is 16.0 Å². The minimum atomic E-state index is -0.211. The smallest absolute Gasteiger partial charge is 0.305 e. The first-order chi connectivity index (χ1) is 15.5. The van der Waals surface area contributed by atoms with E-state index >= 15 is 0 Å². The van der Waals surface area contributed by atoms with Crippen LogP contribution >= 0.6 is 0 Å². The van der Waals surface area contributed by atoms with Crippen LogP contribution in [0.4, 0.5) is 0 Å². The lowest BCUT2D eigenvalue weighted by molar-refractivity contribution is -0.140. The molecule has 0 amide bonds. The van der Waals surface area contributed by atoms with E-state index in [0.717, 1.165) is 33.8 Å². The van der Waals surface area contributed by atoms with Crippen LogP contribution in [0.2, 0.25) is 0 Å². The van der Waals surface area contributed by atoms with Crippen molar-refractivity contribution in [3.63, 3.8) is 0 Å². The van der Waals surface area contributed by atoms with Crippen molar-refractivity contribution in [3.05, 3.63) is 96.1 Å². The van der Waals surface area contributed by atoms with E-state index in [1.54, 1.807) is 0 Å². The number of aryl methyl sites for hydroxylation is 1. The first kappa shape index (κ1) is 21.1. The Hall–Kier alpha value is -4.19. The fourth-order valence-corrected chi connectivity index (χ4v) is 3.50. The highest BCUT2D eigenvalue weighted by atomic mass is 16.5. The monoisotopic (exact) mass is 424 g/mol. The number of rotatable bonds is 7. The van der Waals surface area contributed by atoms with E-state index in [1.807, 2.05) is 83.5 Å². The maximum absolute atomic E-state index is 11.4. The van der Waals surface area contributed by atoms with Crippen molar-refractivity contribution in [2.75, 3.05) is 7.11 Å². The Morgan fingerprint density at radius 1 is 0.969 bits per heavy atom. The highest BCUT2D eigenvalue weighted by Crippen LogP contribution is 2.29. The molecule has 0 saturated carbocycles. The van der Waals surface area contributed by atoms with Crippen molar-refractivity contribution in [1.82, 2.24) is 9.78 Å². The van der Waals surface area contributed by atoms with Gasteiger partial charge in [-0.15, -0.1) is 0 Å². The Morgan fingerprint density at radius 3 is 2.25 bits per heavy atom. The average Bonchev–Trinajstić information content (AvgIpc) is 3.29. The second-order valence-electron chi connectivity index (χ2n) is 7.43. The molecule has 0 fully saturated rings. The van der Waals surface area contributed by atoms with Crippen molar-refractivity contribution in [2.45, 2.75) is 12.8 Å². The van der Waals surface area contributed by atoms with Gasteiger partial charge in [-0.1, -0.05) is 66.7 Å². The molecule has 0 aliphatic rings. The third-order valence-corrected chi connectivity index (χ3v) is 5.30. The number of nitrogen functional groups attached to an aromatic ring is 1. The number of nitrogens with one attached hydrogen (secondary N) is 1. The summed E-state index contributed by atoms with van der Waals surface area (Å²) < 4.78 is 6.65. The predicted molar refractivity (Wildman–Crippen MR) is 126 cm³/mol. The van der Waals surface area contributed by atoms with E-state index in [4.69, 9.17) is 21.0 Å². The molecule has 0 aliphatic heterocycles. The van der Waals surface area contributed by atoms with Gasteiger partial charge in [-0.05, 0) is 30.2 Å². The zero-order valence-electron chi connectivity index (χ0n) is 17.8. The van der Waals surface area contributed by atoms with Crippen molar-refractivity contribution in [2.24, 2.45) is 5.73 Å². The SMILES string of the molecule is COC(=O)CCc1ccc(-c2cc(-c3ccc(C(=N)N)cc3)nn2-c2ccccc2)cc1. The predicted octanol–water partition coefficient (Wildman–Crippen LogP) is 4.60. The van der Waals surface area contributed by atoms with Gasteiger partial charge in [0, 0.05) is 23.1 Å². The number of hydrogen-bond acceptors (Lipinski definition) is 4. The number of esters is 1. The minimum absolute atomic E-state index is 0.0411. The van der Waals surface area contributed by atoms with E-state index in [1.165, 1.54) is 7.11 Å². The Bertz CT molecular complexity index is 1230. The lowest BCUT2D eigenvalue weighted by atomic mass is 10.0. The molecule has 160 valence electrons. The summed E-state index contributed by atoms with van der Waals surface area (Å²) >= 11 is 0. The number of para-hydroxylation sites is 1. The number of methoxy groups -OCH3 is 1. The summed E-state index contributed by atoms with van der Waals surface area (Å²) in [6.07, 6.45) is 0.997. The number of nitrogens with zero attached hydrogens (tertiary/aromatic N) is 2. The van der Waals surface area contributed by atoms with E-state index < -0.39 is 0 Å². The topological polar surface area (TPSA) is 94.0 Å². The van der Waals surface area contributed by atoms with Gasteiger partial charge in [-0.25, -0.2) is 4.68 Å². The van der Waals surface area contributed by atoms with Crippen LogP contribution in [-0.4, -0.2) is 28.7 Å². The van der Waals surface area contributed by atoms with Crippen molar-refractivity contribution in [1.29, 1.82) is 5.41 Å². The van der Waals surface area contributed by atoms with E-state index in [0.29, 0.717) is 18.4 Å². The first-order valence-electron chi connectivity index (χ1n) is 10.3. The van der Waals surface area contributed by atoms with E-state index in [2.05, 4.69) is 6.07 Å². The number of benzene rings is 3. The summed E-state index contributed by atoms with van der Waals surface area (Å²) in [5.74, 6) is -0.170. The molecule has 1 heterocycles. The third-order valence-electron chi connectivity index (χ3n) is 5.30. The Kier molecular flexibility index (Phi) is 6.12. The molecule has 0 spiro atoms. The van der Waals surface area contributed by atoms with Crippen molar-refractivity contribution in [3.8, 4) is 28.2 Å². The molecule has 0 bridgehead atoms. The average molecular weight is 425 g/mol. The lowest BCUT2D eigenvalue weighted by Gasteiger charge is -2.08. The summed E-state index contributed by atoms with van der Waals surface area (Å²) in [4.78, 5) is 11.4. The standard InChI is InChI=1S/C26H24N4O2/c1-32-25(31)16-9-18-7-10-20(11-8-18)24-17-23(19-12-14-21(15-13-19)26(27)28)29-30(24)22-5-3-2-4-6-22/h2-8,10-15,17H,9,16H2,1H3,(H3,27,28). The van der Waals surface area contributed by atoms with Crippen LogP contribution in [0.5, 0.6) is 0 Å². The van der Waals surface area contributed by atoms with Gasteiger partial charge in [-0.3, -0.25) is 10.2 Å². The second kappa shape index (κ2) is 9.31. The molecule has 3 aromatic carbocycles. The Labute approximate surface area is 186 Å². The molecular weight excluding hydrogens is 400 g/mol. The molecule has 1 aromatic heterocycles. The van der Waals surface area contributed by atoms with Gasteiger partial charge in [0.2, 0.25) is 0 Å². The van der Waals surface area contributed by atoms with Gasteiger partial charge in [0.25, 0.3) is 0 Å². The normalized spacial score (nSPS) is 10.7. The number of ether oxygens (including phenoxy) is 1. The van der Waals surface area contributed by atoms with E-state index in [9.17, 15) is 4.79 Å². The zero-order chi connectivity index (χ0) is 22.5. The fraction of sp³-hybridized carbons (Fsp3) is 0.115. The lowest BCUT2D eigenvalue weighted by Crippen LogP contribution is -2.10. The summed E-state index contributed by atoms with van der Waals surface area (Å²) in [5, 5.41) is 12.5. The number of nitrogens with two attached hydrogens (primary N) is 1. The molecule has 32 heavy (non-hydrogen) atoms. The molecule has 0 unspecified atom stereocenters. The van der Waals surface area contributed by atoms with Crippen LogP contribution in [0.15, 0.2) is 84.9 Å². The van der Waals surface area contributed by atoms with Gasteiger partial charge in [-0.2, -0.15) is 5.10 Å². The number of carbonyl (C=O) groups is 1. The van der Waals surface area contributed by atoms with E-state index in [-0.39, 0.29) is 11.8 Å². The number of carbonyl (C=O) groups excluding carboxylic acids is 1. The maximum Gasteiger partial charge on any atom is 0.305 e. The summed E-state index contributed by atoms with van der Waals surface area (Å²) in [6.45, 7) is 0. The Balaban J connectivity index is 1.70. The molecule has 4 rings (SSSR count). The van der Waals surface area contributed by atoms with Gasteiger partial charge in [0.05, 0.1) is 24.2 Å². The maximum atomic E-state index is 11.4. The van der Waals surface area contributed by atoms with Crippen LogP contribution in [0.3, 0.4) is 0 Å². The summed E-state index contributed by atoms with van der Waals surface area (Å²) in [5.41, 5.74) is 12.0. The van der Waals surface area contributed by atoms with Crippen LogP contribution in [0, 0.1) is 5.41 Å². The fourth-order valence-electron chi connectivity index (χ4n) is 3.50. The molecule has 6 nitrogen and oxygen atoms in total. The molecule has 0 saturated heterocycles. The second-order valence-corrected chi connectivity index (χ2v) is 7.43. The molecule has 0 aliphatic carbocycles. The number of aromatic nitrogens is 2. The van der Waals surface area contributed by atoms with Crippen molar-refractivity contribution < 1.29 is 9.53 Å². The highest BCUT2D eigenvalue weighted by Gasteiger charge is 2.14. The highest BCUT2D eigenvalue weighted by molar-refractivity contribution is 5.95. The van der Waals surface area contributed by atoms with Crippen LogP contribution < -0.4 is 5.73 Å². The molecule has 0 atom stereocenters. The minimum Gasteiger partial charge on any atom is -0.469 e. The molecule has 0 radical (unpaired) electrons. The van der Waals surface area contributed by atoms with Gasteiger partial charge in [0.1, 0.15) is 5.84 Å². The van der Waals surface area contributed by atoms with Gasteiger partial charge in [0.15, 0.2) is 0 Å². The molecule has 6 heteroatoms. The van der Waals surface area contributed by atoms with Crippen LogP contribution in [0.25, 0.3) is 28.2 Å². The van der Waals surface area contributed by atoms with Crippen molar-refractivity contribution >= 4 is 11.8 Å². The zero-order valence-corrected chi connectivity index (χ0v) is 17.8. The van der Waals surface area contributed by atoms with Crippen LogP contribution in [0.1, 0.15) is 17.5 Å². The van der Waals surface area contributed by atoms with Gasteiger partial charge < -0.3 is 10.5 Å². The molecular formula is C26H24N4O2. The summed E-state index contributed by atoms with van der Waals surface area (Å²) in [7, 11) is 1.40. The number of amidine groups is 1. The first-order valence-corrected chi connectivity index (χ1v) is 10.3. The quantitative estimate of drug-likeness (QED) is 0.258. The summed E-state index contributed by atoms with van der Waals surface area (Å²) in [6, 6.07) is 27.7. The number of hydrogen-bond donors (Lipinski definition) is 2. The molecule has 3 N–H and O–H groups in total. The largest absolute Gasteiger partial charge is 0.469 e. The van der Waals surface area contributed by atoms with Gasteiger partial charge >= 0.3 is 5.97 Å². The Morgan fingerprint density at radius 2 is 1.62 bits per heavy atom.